The van der Waals surface area contributed by atoms with Gasteiger partial charge in [-0.3, -0.25) is 0 Å². The van der Waals surface area contributed by atoms with E-state index in [1.807, 2.05) is 6.07 Å². The van der Waals surface area contributed by atoms with Crippen molar-refractivity contribution >= 4 is 17.0 Å². The molecule has 1 heterocycles. The van der Waals surface area contributed by atoms with Gasteiger partial charge in [0.2, 0.25) is 0 Å². The highest BCUT2D eigenvalue weighted by molar-refractivity contribution is 6.00. The van der Waals surface area contributed by atoms with Gasteiger partial charge in [-0.15, -0.1) is 5.10 Å². The standard InChI is InChI=1S/C16H15N3O2/c1-2-11-6-8-12(9-7-11)10-19-14-5-3-4-13(16(20)21)15(14)17-18-19/h3-9H,2,10H2,1H3,(H,20,21). The van der Waals surface area contributed by atoms with Crippen molar-refractivity contribution in [3.8, 4) is 0 Å². The third kappa shape index (κ3) is 2.50. The van der Waals surface area contributed by atoms with Crippen molar-refractivity contribution in [1.82, 2.24) is 15.0 Å². The minimum absolute atomic E-state index is 0.181. The number of aryl methyl sites for hydroxylation is 1. The zero-order valence-electron chi connectivity index (χ0n) is 11.7. The third-order valence-corrected chi connectivity index (χ3v) is 3.54. The summed E-state index contributed by atoms with van der Waals surface area (Å²) in [5, 5.41) is 17.2. The van der Waals surface area contributed by atoms with Gasteiger partial charge in [0.05, 0.1) is 17.6 Å². The number of aromatic nitrogens is 3. The smallest absolute Gasteiger partial charge is 0.338 e. The van der Waals surface area contributed by atoms with Crippen LogP contribution in [0.1, 0.15) is 28.4 Å². The molecule has 106 valence electrons. The normalized spacial score (nSPS) is 10.9. The zero-order valence-corrected chi connectivity index (χ0v) is 11.7. The van der Waals surface area contributed by atoms with Crippen LogP contribution in [0.4, 0.5) is 0 Å². The van der Waals surface area contributed by atoms with E-state index in [4.69, 9.17) is 5.11 Å². The van der Waals surface area contributed by atoms with Crippen LogP contribution in [0.3, 0.4) is 0 Å². The molecule has 0 amide bonds. The van der Waals surface area contributed by atoms with Crippen molar-refractivity contribution in [2.24, 2.45) is 0 Å². The van der Waals surface area contributed by atoms with Crippen molar-refractivity contribution in [3.63, 3.8) is 0 Å². The van der Waals surface area contributed by atoms with Gasteiger partial charge >= 0.3 is 5.97 Å². The molecule has 3 rings (SSSR count). The molecule has 0 bridgehead atoms. The summed E-state index contributed by atoms with van der Waals surface area (Å²) >= 11 is 0. The first-order chi connectivity index (χ1) is 10.2. The summed E-state index contributed by atoms with van der Waals surface area (Å²) < 4.78 is 1.72. The second kappa shape index (κ2) is 5.36. The lowest BCUT2D eigenvalue weighted by Gasteiger charge is -2.04. The summed E-state index contributed by atoms with van der Waals surface area (Å²) in [4.78, 5) is 11.2. The summed E-state index contributed by atoms with van der Waals surface area (Å²) in [6, 6.07) is 13.4. The fraction of sp³-hybridized carbons (Fsp3) is 0.188. The number of hydrogen-bond acceptors (Lipinski definition) is 3. The van der Waals surface area contributed by atoms with Crippen LogP contribution in [0.25, 0.3) is 11.0 Å². The molecule has 0 aliphatic rings. The average Bonchev–Trinajstić information content (AvgIpc) is 2.91. The van der Waals surface area contributed by atoms with Crippen molar-refractivity contribution < 1.29 is 9.90 Å². The van der Waals surface area contributed by atoms with E-state index in [1.165, 1.54) is 5.56 Å². The van der Waals surface area contributed by atoms with Crippen molar-refractivity contribution in [2.75, 3.05) is 0 Å². The fourth-order valence-corrected chi connectivity index (χ4v) is 2.33. The number of hydrogen-bond donors (Lipinski definition) is 1. The number of benzene rings is 2. The maximum absolute atomic E-state index is 11.2. The van der Waals surface area contributed by atoms with Crippen molar-refractivity contribution in [2.45, 2.75) is 19.9 Å². The molecule has 0 aliphatic carbocycles. The molecule has 5 heteroatoms. The SMILES string of the molecule is CCc1ccc(Cn2nnc3c(C(=O)O)cccc32)cc1. The first-order valence-corrected chi connectivity index (χ1v) is 6.82. The van der Waals surface area contributed by atoms with Crippen LogP contribution < -0.4 is 0 Å². The first kappa shape index (κ1) is 13.3. The molecule has 0 aliphatic heterocycles. The summed E-state index contributed by atoms with van der Waals surface area (Å²) in [7, 11) is 0. The highest BCUT2D eigenvalue weighted by Crippen LogP contribution is 2.17. The van der Waals surface area contributed by atoms with Gasteiger partial charge in [-0.25, -0.2) is 9.48 Å². The molecule has 21 heavy (non-hydrogen) atoms. The van der Waals surface area contributed by atoms with E-state index in [2.05, 4.69) is 41.5 Å². The molecule has 0 spiro atoms. The van der Waals surface area contributed by atoms with Gasteiger partial charge in [0, 0.05) is 0 Å². The molecule has 5 nitrogen and oxygen atoms in total. The molecule has 0 saturated heterocycles. The molecule has 0 unspecified atom stereocenters. The molecular formula is C16H15N3O2. The van der Waals surface area contributed by atoms with Crippen LogP contribution in [0, 0.1) is 0 Å². The van der Waals surface area contributed by atoms with Gasteiger partial charge in [-0.1, -0.05) is 42.5 Å². The van der Waals surface area contributed by atoms with Gasteiger partial charge in [-0.2, -0.15) is 0 Å². The van der Waals surface area contributed by atoms with Crippen LogP contribution >= 0.6 is 0 Å². The fourth-order valence-electron chi connectivity index (χ4n) is 2.33. The van der Waals surface area contributed by atoms with E-state index < -0.39 is 5.97 Å². The number of nitrogens with zero attached hydrogens (tertiary/aromatic N) is 3. The maximum Gasteiger partial charge on any atom is 0.338 e. The van der Waals surface area contributed by atoms with E-state index in [0.29, 0.717) is 12.1 Å². The Morgan fingerprint density at radius 1 is 1.14 bits per heavy atom. The zero-order chi connectivity index (χ0) is 14.8. The topological polar surface area (TPSA) is 68.0 Å². The van der Waals surface area contributed by atoms with Gasteiger partial charge in [0.25, 0.3) is 0 Å². The number of rotatable bonds is 4. The second-order valence-electron chi connectivity index (χ2n) is 4.90. The Labute approximate surface area is 121 Å². The second-order valence-corrected chi connectivity index (χ2v) is 4.90. The quantitative estimate of drug-likeness (QED) is 0.798. The summed E-state index contributed by atoms with van der Waals surface area (Å²) in [5.41, 5.74) is 3.74. The lowest BCUT2D eigenvalue weighted by molar-refractivity contribution is 0.0699. The van der Waals surface area contributed by atoms with Crippen molar-refractivity contribution in [3.05, 3.63) is 59.2 Å². The van der Waals surface area contributed by atoms with E-state index >= 15 is 0 Å². The van der Waals surface area contributed by atoms with E-state index in [9.17, 15) is 4.79 Å². The summed E-state index contributed by atoms with van der Waals surface area (Å²) in [6.07, 6.45) is 1.01. The number of aromatic carboxylic acids is 1. The molecule has 0 saturated carbocycles. The molecule has 0 atom stereocenters. The van der Waals surface area contributed by atoms with E-state index in [0.717, 1.165) is 17.5 Å². The largest absolute Gasteiger partial charge is 0.478 e. The van der Waals surface area contributed by atoms with E-state index in [-0.39, 0.29) is 5.56 Å². The van der Waals surface area contributed by atoms with Crippen molar-refractivity contribution in [1.29, 1.82) is 0 Å². The predicted octanol–water partition coefficient (Wildman–Crippen LogP) is 2.74. The number of fused-ring (bicyclic) bond motifs is 1. The van der Waals surface area contributed by atoms with Gasteiger partial charge in [-0.05, 0) is 29.7 Å². The van der Waals surface area contributed by atoms with Gasteiger partial charge < -0.3 is 5.11 Å². The van der Waals surface area contributed by atoms with E-state index in [1.54, 1.807) is 16.8 Å². The molecular weight excluding hydrogens is 266 g/mol. The van der Waals surface area contributed by atoms with Crippen LogP contribution in [-0.4, -0.2) is 26.1 Å². The lowest BCUT2D eigenvalue weighted by Crippen LogP contribution is -2.02. The number of carbonyl (C=O) groups is 1. The minimum atomic E-state index is -0.986. The Morgan fingerprint density at radius 3 is 2.52 bits per heavy atom. The molecule has 3 aromatic rings. The Bertz CT molecular complexity index is 791. The molecule has 0 fully saturated rings. The molecule has 1 N–H and O–H groups in total. The predicted molar refractivity (Wildman–Crippen MR) is 79.4 cm³/mol. The Kier molecular flexibility index (Phi) is 3.39. The van der Waals surface area contributed by atoms with Gasteiger partial charge in [0.1, 0.15) is 5.52 Å². The molecule has 2 aromatic carbocycles. The van der Waals surface area contributed by atoms with Crippen LogP contribution in [0.5, 0.6) is 0 Å². The Morgan fingerprint density at radius 2 is 1.86 bits per heavy atom. The minimum Gasteiger partial charge on any atom is -0.478 e. The molecule has 1 aromatic heterocycles. The van der Waals surface area contributed by atoms with Gasteiger partial charge in [0.15, 0.2) is 0 Å². The molecule has 0 radical (unpaired) electrons. The average molecular weight is 281 g/mol. The Balaban J connectivity index is 1.97. The summed E-state index contributed by atoms with van der Waals surface area (Å²) in [6.45, 7) is 2.69. The third-order valence-electron chi connectivity index (χ3n) is 3.54. The highest BCUT2D eigenvalue weighted by atomic mass is 16.4. The van der Waals surface area contributed by atoms with Crippen LogP contribution in [0.15, 0.2) is 42.5 Å². The lowest BCUT2D eigenvalue weighted by atomic mass is 10.1. The highest BCUT2D eigenvalue weighted by Gasteiger charge is 2.13. The summed E-state index contributed by atoms with van der Waals surface area (Å²) in [5.74, 6) is -0.986. The monoisotopic (exact) mass is 281 g/mol. The van der Waals surface area contributed by atoms with Crippen LogP contribution in [0.2, 0.25) is 0 Å². The van der Waals surface area contributed by atoms with Crippen LogP contribution in [-0.2, 0) is 13.0 Å². The maximum atomic E-state index is 11.2. The number of carboxylic acid groups (broad SMARTS) is 1. The number of carboxylic acids is 1. The Hall–Kier alpha value is -2.69. The first-order valence-electron chi connectivity index (χ1n) is 6.82.